The lowest BCUT2D eigenvalue weighted by Crippen LogP contribution is -2.00. The molecule has 1 aromatic heterocycles. The molecule has 3 nitrogen and oxygen atoms in total. The van der Waals surface area contributed by atoms with Crippen LogP contribution >= 0.6 is 0 Å². The summed E-state index contributed by atoms with van der Waals surface area (Å²) in [5.74, 6) is 0. The van der Waals surface area contributed by atoms with Gasteiger partial charge in [0, 0.05) is 25.1 Å². The van der Waals surface area contributed by atoms with E-state index in [0.717, 1.165) is 38.9 Å². The third kappa shape index (κ3) is 3.95. The first kappa shape index (κ1) is 14.8. The van der Waals surface area contributed by atoms with Crippen LogP contribution in [0.5, 0.6) is 0 Å². The second-order valence-corrected chi connectivity index (χ2v) is 5.53. The predicted octanol–water partition coefficient (Wildman–Crippen LogP) is 4.14. The molecule has 0 saturated heterocycles. The highest BCUT2D eigenvalue weighted by molar-refractivity contribution is 5.85. The zero-order chi connectivity index (χ0) is 15.0. The molecule has 0 atom stereocenters. The fraction of sp³-hybridized carbons (Fsp3) is 0.316. The third-order valence-electron chi connectivity index (χ3n) is 3.90. The number of ether oxygens (including phenoxy) is 1. The van der Waals surface area contributed by atoms with Gasteiger partial charge in [-0.1, -0.05) is 42.5 Å². The minimum Gasteiger partial charge on any atom is -0.381 e. The van der Waals surface area contributed by atoms with Gasteiger partial charge >= 0.3 is 0 Å². The Hall–Kier alpha value is -2.13. The number of hydrogen-bond donors (Lipinski definition) is 1. The van der Waals surface area contributed by atoms with E-state index in [9.17, 15) is 0 Å². The fourth-order valence-electron chi connectivity index (χ4n) is 2.76. The summed E-state index contributed by atoms with van der Waals surface area (Å²) in [5, 5.41) is 2.68. The summed E-state index contributed by atoms with van der Waals surface area (Å²) in [6, 6.07) is 15.1. The maximum atomic E-state index is 5.73. The van der Waals surface area contributed by atoms with Crippen molar-refractivity contribution in [2.45, 2.75) is 25.7 Å². The molecule has 3 heteroatoms. The Morgan fingerprint density at radius 1 is 0.909 bits per heavy atom. The summed E-state index contributed by atoms with van der Waals surface area (Å²) in [7, 11) is 0. The van der Waals surface area contributed by atoms with Crippen LogP contribution < -0.4 is 0 Å². The molecule has 114 valence electrons. The summed E-state index contributed by atoms with van der Waals surface area (Å²) < 4.78 is 5.73. The first-order valence-corrected chi connectivity index (χ1v) is 7.95. The number of H-pyrrole nitrogens is 1. The molecule has 0 amide bonds. The minimum atomic E-state index is 0.814. The predicted molar refractivity (Wildman–Crippen MR) is 90.0 cm³/mol. The number of nitrogens with zero attached hydrogens (tertiary/aromatic N) is 1. The highest BCUT2D eigenvalue weighted by Crippen LogP contribution is 2.19. The molecule has 3 rings (SSSR count). The van der Waals surface area contributed by atoms with Gasteiger partial charge in [-0.25, -0.2) is 4.98 Å². The van der Waals surface area contributed by atoms with E-state index in [2.05, 4.69) is 52.4 Å². The Bertz CT molecular complexity index is 686. The largest absolute Gasteiger partial charge is 0.381 e. The summed E-state index contributed by atoms with van der Waals surface area (Å²) in [6.45, 7) is 1.64. The van der Waals surface area contributed by atoms with Crippen LogP contribution in [0.4, 0.5) is 0 Å². The molecular formula is C19H22N2O. The van der Waals surface area contributed by atoms with Crippen LogP contribution in [0, 0.1) is 0 Å². The lowest BCUT2D eigenvalue weighted by atomic mass is 10.0. The zero-order valence-corrected chi connectivity index (χ0v) is 12.8. The standard InChI is InChI=1S/C19H22N2O/c1-2-11-19-16(6-1)7-3-8-17(19)9-4-12-22-13-5-10-18-14-20-15-21-18/h1-3,6-8,11,14-15H,4-5,9-10,12-13H2,(H,20,21). The molecule has 2 aromatic carbocycles. The number of aryl methyl sites for hydroxylation is 2. The topological polar surface area (TPSA) is 37.9 Å². The van der Waals surface area contributed by atoms with Crippen molar-refractivity contribution < 1.29 is 4.74 Å². The van der Waals surface area contributed by atoms with Crippen LogP contribution in [0.1, 0.15) is 24.1 Å². The molecule has 0 saturated carbocycles. The molecule has 1 N–H and O–H groups in total. The van der Waals surface area contributed by atoms with Gasteiger partial charge in [0.05, 0.1) is 6.33 Å². The Morgan fingerprint density at radius 2 is 1.73 bits per heavy atom. The molecule has 0 fully saturated rings. The Morgan fingerprint density at radius 3 is 2.59 bits per heavy atom. The van der Waals surface area contributed by atoms with Crippen molar-refractivity contribution in [1.82, 2.24) is 9.97 Å². The van der Waals surface area contributed by atoms with Gasteiger partial charge in [0.1, 0.15) is 0 Å². The highest BCUT2D eigenvalue weighted by atomic mass is 16.5. The monoisotopic (exact) mass is 294 g/mol. The van der Waals surface area contributed by atoms with Crippen molar-refractivity contribution >= 4 is 10.8 Å². The van der Waals surface area contributed by atoms with Crippen molar-refractivity contribution in [3.63, 3.8) is 0 Å². The van der Waals surface area contributed by atoms with Crippen molar-refractivity contribution in [1.29, 1.82) is 0 Å². The summed E-state index contributed by atoms with van der Waals surface area (Å²) in [4.78, 5) is 7.12. The van der Waals surface area contributed by atoms with E-state index < -0.39 is 0 Å². The molecule has 0 unspecified atom stereocenters. The Labute approximate surface area is 131 Å². The van der Waals surface area contributed by atoms with Gasteiger partial charge in [-0.15, -0.1) is 0 Å². The van der Waals surface area contributed by atoms with E-state index >= 15 is 0 Å². The maximum absolute atomic E-state index is 5.73. The average molecular weight is 294 g/mol. The average Bonchev–Trinajstić information content (AvgIpc) is 3.07. The van der Waals surface area contributed by atoms with Crippen LogP contribution in [0.2, 0.25) is 0 Å². The van der Waals surface area contributed by atoms with Crippen molar-refractivity contribution in [2.24, 2.45) is 0 Å². The van der Waals surface area contributed by atoms with Crippen LogP contribution in [0.3, 0.4) is 0 Å². The van der Waals surface area contributed by atoms with E-state index in [4.69, 9.17) is 4.74 Å². The van der Waals surface area contributed by atoms with E-state index in [-0.39, 0.29) is 0 Å². The number of imidazole rings is 1. The van der Waals surface area contributed by atoms with Crippen LogP contribution in [-0.2, 0) is 17.6 Å². The molecular weight excluding hydrogens is 272 g/mol. The maximum Gasteiger partial charge on any atom is 0.0921 e. The Balaban J connectivity index is 1.37. The number of aromatic amines is 1. The minimum absolute atomic E-state index is 0.814. The molecule has 0 aliphatic carbocycles. The molecule has 3 aromatic rings. The number of benzene rings is 2. The molecule has 0 bridgehead atoms. The normalized spacial score (nSPS) is 11.1. The van der Waals surface area contributed by atoms with Crippen molar-refractivity contribution in [3.05, 3.63) is 66.2 Å². The highest BCUT2D eigenvalue weighted by Gasteiger charge is 2.00. The first-order chi connectivity index (χ1) is 10.9. The van der Waals surface area contributed by atoms with E-state index in [1.807, 2.05) is 6.20 Å². The number of nitrogens with one attached hydrogen (secondary N) is 1. The van der Waals surface area contributed by atoms with Crippen LogP contribution in [-0.4, -0.2) is 23.2 Å². The number of fused-ring (bicyclic) bond motifs is 1. The lowest BCUT2D eigenvalue weighted by molar-refractivity contribution is 0.129. The van der Waals surface area contributed by atoms with Gasteiger partial charge in [-0.05, 0) is 42.0 Å². The molecule has 1 heterocycles. The summed E-state index contributed by atoms with van der Waals surface area (Å²) in [6.07, 6.45) is 7.78. The molecule has 22 heavy (non-hydrogen) atoms. The number of rotatable bonds is 8. The van der Waals surface area contributed by atoms with E-state index in [0.29, 0.717) is 0 Å². The molecule has 0 spiro atoms. The third-order valence-corrected chi connectivity index (χ3v) is 3.90. The smallest absolute Gasteiger partial charge is 0.0921 e. The zero-order valence-electron chi connectivity index (χ0n) is 12.8. The Kier molecular flexibility index (Phi) is 5.22. The van der Waals surface area contributed by atoms with E-state index in [1.54, 1.807) is 6.33 Å². The van der Waals surface area contributed by atoms with Crippen LogP contribution in [0.25, 0.3) is 10.8 Å². The summed E-state index contributed by atoms with van der Waals surface area (Å²) in [5.41, 5.74) is 2.60. The lowest BCUT2D eigenvalue weighted by Gasteiger charge is -2.07. The second kappa shape index (κ2) is 7.76. The SMILES string of the molecule is c1ccc2c(CCCOCCCc3cnc[nH]3)cccc2c1. The first-order valence-electron chi connectivity index (χ1n) is 7.95. The van der Waals surface area contributed by atoms with Gasteiger partial charge in [0.15, 0.2) is 0 Å². The van der Waals surface area contributed by atoms with Crippen LogP contribution in [0.15, 0.2) is 55.0 Å². The van der Waals surface area contributed by atoms with Gasteiger partial charge in [0.2, 0.25) is 0 Å². The molecule has 0 aliphatic heterocycles. The van der Waals surface area contributed by atoms with Gasteiger partial charge in [-0.3, -0.25) is 0 Å². The van der Waals surface area contributed by atoms with E-state index in [1.165, 1.54) is 22.0 Å². The van der Waals surface area contributed by atoms with Gasteiger partial charge in [-0.2, -0.15) is 0 Å². The molecule has 0 aliphatic rings. The second-order valence-electron chi connectivity index (χ2n) is 5.53. The number of aromatic nitrogens is 2. The van der Waals surface area contributed by atoms with Crippen molar-refractivity contribution in [3.8, 4) is 0 Å². The van der Waals surface area contributed by atoms with Gasteiger partial charge in [0.25, 0.3) is 0 Å². The van der Waals surface area contributed by atoms with Crippen molar-refractivity contribution in [2.75, 3.05) is 13.2 Å². The quantitative estimate of drug-likeness (QED) is 0.634. The molecule has 0 radical (unpaired) electrons. The fourth-order valence-corrected chi connectivity index (χ4v) is 2.76. The number of hydrogen-bond acceptors (Lipinski definition) is 2. The van der Waals surface area contributed by atoms with Gasteiger partial charge < -0.3 is 9.72 Å². The summed E-state index contributed by atoms with van der Waals surface area (Å²) >= 11 is 0.